The first-order valence-corrected chi connectivity index (χ1v) is 5.01. The van der Waals surface area contributed by atoms with Crippen LogP contribution < -0.4 is 5.32 Å². The highest BCUT2D eigenvalue weighted by molar-refractivity contribution is 5.31. The Bertz CT molecular complexity index is 264. The predicted octanol–water partition coefficient (Wildman–Crippen LogP) is 2.57. The van der Waals surface area contributed by atoms with Crippen LogP contribution in [0, 0.1) is 11.3 Å². The topological polar surface area (TPSA) is 37.8 Å². The average molecular weight is 193 g/mol. The Morgan fingerprint density at radius 3 is 2.64 bits per heavy atom. The molecular weight excluding hydrogens is 174 g/mol. The van der Waals surface area contributed by atoms with Gasteiger partial charge in [0.1, 0.15) is 5.82 Å². The molecule has 1 heterocycles. The molecule has 14 heavy (non-hydrogen) atoms. The average Bonchev–Trinajstić information content (AvgIpc) is 2.14. The van der Waals surface area contributed by atoms with Gasteiger partial charge in [-0.1, -0.05) is 27.7 Å². The normalized spacial score (nSPS) is 13.7. The molecule has 0 spiro atoms. The summed E-state index contributed by atoms with van der Waals surface area (Å²) >= 11 is 0. The Hall–Kier alpha value is -1.12. The van der Waals surface area contributed by atoms with Gasteiger partial charge in [-0.3, -0.25) is 0 Å². The molecule has 0 saturated carbocycles. The second-order valence-corrected chi connectivity index (χ2v) is 4.76. The highest BCUT2D eigenvalue weighted by Gasteiger charge is 2.19. The van der Waals surface area contributed by atoms with Gasteiger partial charge in [0.15, 0.2) is 0 Å². The Kier molecular flexibility index (Phi) is 3.44. The van der Waals surface area contributed by atoms with Crippen molar-refractivity contribution in [1.82, 2.24) is 10.2 Å². The molecule has 0 aliphatic carbocycles. The van der Waals surface area contributed by atoms with Gasteiger partial charge in [-0.15, -0.1) is 5.10 Å². The molecule has 1 atom stereocenters. The van der Waals surface area contributed by atoms with E-state index in [-0.39, 0.29) is 0 Å². The van der Waals surface area contributed by atoms with E-state index in [2.05, 4.69) is 43.2 Å². The van der Waals surface area contributed by atoms with Crippen molar-refractivity contribution in [3.63, 3.8) is 0 Å². The highest BCUT2D eigenvalue weighted by atomic mass is 15.2. The van der Waals surface area contributed by atoms with Crippen LogP contribution in [0.2, 0.25) is 0 Å². The van der Waals surface area contributed by atoms with Crippen molar-refractivity contribution in [1.29, 1.82) is 0 Å². The number of rotatable bonds is 3. The summed E-state index contributed by atoms with van der Waals surface area (Å²) in [5.41, 5.74) is 0.329. The molecule has 0 fully saturated rings. The molecule has 1 N–H and O–H groups in total. The lowest BCUT2D eigenvalue weighted by molar-refractivity contribution is 0.274. The van der Waals surface area contributed by atoms with Gasteiger partial charge in [0, 0.05) is 12.7 Å². The lowest BCUT2D eigenvalue weighted by atomic mass is 9.82. The molecule has 1 unspecified atom stereocenters. The van der Waals surface area contributed by atoms with Gasteiger partial charge < -0.3 is 5.32 Å². The van der Waals surface area contributed by atoms with Gasteiger partial charge in [-0.2, -0.15) is 5.10 Å². The SMILES string of the molecule is CC(CNc1cccnn1)C(C)(C)C. The molecule has 0 aliphatic rings. The third kappa shape index (κ3) is 3.32. The summed E-state index contributed by atoms with van der Waals surface area (Å²) in [6, 6.07) is 3.82. The van der Waals surface area contributed by atoms with Crippen LogP contribution in [0.25, 0.3) is 0 Å². The Labute approximate surface area is 85.9 Å². The fraction of sp³-hybridized carbons (Fsp3) is 0.636. The fourth-order valence-corrected chi connectivity index (χ4v) is 0.960. The minimum Gasteiger partial charge on any atom is -0.368 e. The molecule has 0 aliphatic heterocycles. The third-order valence-corrected chi connectivity index (χ3v) is 2.64. The smallest absolute Gasteiger partial charge is 0.148 e. The summed E-state index contributed by atoms with van der Waals surface area (Å²) in [4.78, 5) is 0. The number of nitrogens with one attached hydrogen (secondary N) is 1. The molecule has 0 aromatic carbocycles. The van der Waals surface area contributed by atoms with E-state index >= 15 is 0 Å². The molecule has 3 heteroatoms. The number of aromatic nitrogens is 2. The third-order valence-electron chi connectivity index (χ3n) is 2.64. The van der Waals surface area contributed by atoms with Crippen LogP contribution >= 0.6 is 0 Å². The van der Waals surface area contributed by atoms with Crippen LogP contribution in [0.1, 0.15) is 27.7 Å². The first-order valence-electron chi connectivity index (χ1n) is 5.01. The number of nitrogens with zero attached hydrogens (tertiary/aromatic N) is 2. The zero-order chi connectivity index (χ0) is 10.6. The number of hydrogen-bond donors (Lipinski definition) is 1. The van der Waals surface area contributed by atoms with Crippen molar-refractivity contribution < 1.29 is 0 Å². The highest BCUT2D eigenvalue weighted by Crippen LogP contribution is 2.25. The van der Waals surface area contributed by atoms with Gasteiger partial charge in [0.25, 0.3) is 0 Å². The van der Waals surface area contributed by atoms with E-state index in [0.717, 1.165) is 12.4 Å². The van der Waals surface area contributed by atoms with Gasteiger partial charge in [-0.05, 0) is 23.5 Å². The molecule has 78 valence electrons. The van der Waals surface area contributed by atoms with E-state index in [0.29, 0.717) is 11.3 Å². The monoisotopic (exact) mass is 193 g/mol. The van der Waals surface area contributed by atoms with Crippen molar-refractivity contribution in [2.24, 2.45) is 11.3 Å². The van der Waals surface area contributed by atoms with Crippen LogP contribution in [-0.2, 0) is 0 Å². The Morgan fingerprint density at radius 1 is 1.43 bits per heavy atom. The molecule has 1 aromatic heterocycles. The zero-order valence-corrected chi connectivity index (χ0v) is 9.41. The maximum atomic E-state index is 3.97. The van der Waals surface area contributed by atoms with Crippen molar-refractivity contribution >= 4 is 5.82 Å². The summed E-state index contributed by atoms with van der Waals surface area (Å²) in [5.74, 6) is 1.45. The number of hydrogen-bond acceptors (Lipinski definition) is 3. The summed E-state index contributed by atoms with van der Waals surface area (Å²) in [6.45, 7) is 9.91. The summed E-state index contributed by atoms with van der Waals surface area (Å²) < 4.78 is 0. The minimum atomic E-state index is 0.329. The standard InChI is InChI=1S/C11H19N3/c1-9(11(2,3)4)8-12-10-6-5-7-13-14-10/h5-7,9H,8H2,1-4H3,(H,12,14). The van der Waals surface area contributed by atoms with Crippen LogP contribution in [0.4, 0.5) is 5.82 Å². The van der Waals surface area contributed by atoms with Crippen molar-refractivity contribution in [2.75, 3.05) is 11.9 Å². The summed E-state index contributed by atoms with van der Waals surface area (Å²) in [5, 5.41) is 11.1. The molecule has 1 rings (SSSR count). The molecule has 1 aromatic rings. The van der Waals surface area contributed by atoms with Gasteiger partial charge in [0.05, 0.1) is 0 Å². The molecular formula is C11H19N3. The Balaban J connectivity index is 2.42. The maximum absolute atomic E-state index is 3.97. The summed E-state index contributed by atoms with van der Waals surface area (Å²) in [6.07, 6.45) is 1.68. The van der Waals surface area contributed by atoms with Crippen LogP contribution in [0.3, 0.4) is 0 Å². The molecule has 0 amide bonds. The lowest BCUT2D eigenvalue weighted by Gasteiger charge is -2.27. The van der Waals surface area contributed by atoms with Crippen molar-refractivity contribution in [3.8, 4) is 0 Å². The first-order chi connectivity index (χ1) is 6.50. The summed E-state index contributed by atoms with van der Waals surface area (Å²) in [7, 11) is 0. The van der Waals surface area contributed by atoms with E-state index in [1.807, 2.05) is 12.1 Å². The number of anilines is 1. The van der Waals surface area contributed by atoms with Crippen molar-refractivity contribution in [3.05, 3.63) is 18.3 Å². The van der Waals surface area contributed by atoms with Crippen LogP contribution in [0.15, 0.2) is 18.3 Å². The van der Waals surface area contributed by atoms with E-state index < -0.39 is 0 Å². The second-order valence-electron chi connectivity index (χ2n) is 4.76. The molecule has 0 bridgehead atoms. The van der Waals surface area contributed by atoms with E-state index in [4.69, 9.17) is 0 Å². The molecule has 0 saturated heterocycles. The lowest BCUT2D eigenvalue weighted by Crippen LogP contribution is -2.25. The van der Waals surface area contributed by atoms with Gasteiger partial charge in [-0.25, -0.2) is 0 Å². The predicted molar refractivity (Wildman–Crippen MR) is 59.1 cm³/mol. The van der Waals surface area contributed by atoms with Crippen molar-refractivity contribution in [2.45, 2.75) is 27.7 Å². The van der Waals surface area contributed by atoms with Gasteiger partial charge in [0.2, 0.25) is 0 Å². The zero-order valence-electron chi connectivity index (χ0n) is 9.41. The quantitative estimate of drug-likeness (QED) is 0.801. The van der Waals surface area contributed by atoms with Gasteiger partial charge >= 0.3 is 0 Å². The Morgan fingerprint density at radius 2 is 2.14 bits per heavy atom. The largest absolute Gasteiger partial charge is 0.368 e. The molecule has 3 nitrogen and oxygen atoms in total. The maximum Gasteiger partial charge on any atom is 0.148 e. The minimum absolute atomic E-state index is 0.329. The van der Waals surface area contributed by atoms with Crippen LogP contribution in [0.5, 0.6) is 0 Å². The van der Waals surface area contributed by atoms with Crippen LogP contribution in [-0.4, -0.2) is 16.7 Å². The fourth-order valence-electron chi connectivity index (χ4n) is 0.960. The first kappa shape index (κ1) is 11.0. The second kappa shape index (κ2) is 4.40. The van der Waals surface area contributed by atoms with E-state index in [1.165, 1.54) is 0 Å². The van der Waals surface area contributed by atoms with E-state index in [1.54, 1.807) is 6.20 Å². The van der Waals surface area contributed by atoms with E-state index in [9.17, 15) is 0 Å². The molecule has 0 radical (unpaired) electrons.